The van der Waals surface area contributed by atoms with Crippen molar-refractivity contribution in [3.8, 4) is 11.3 Å². The molecule has 4 rings (SSSR count). The number of hydrogen-bond acceptors (Lipinski definition) is 7. The van der Waals surface area contributed by atoms with E-state index >= 15 is 0 Å². The molecule has 13 heteroatoms. The van der Waals surface area contributed by atoms with Gasteiger partial charge in [0.25, 0.3) is 5.91 Å². The highest BCUT2D eigenvalue weighted by molar-refractivity contribution is 6.33. The summed E-state index contributed by atoms with van der Waals surface area (Å²) in [5.41, 5.74) is 1.63. The molecule has 1 aliphatic rings. The maximum atomic E-state index is 13.7. The van der Waals surface area contributed by atoms with Gasteiger partial charge in [0, 0.05) is 57.4 Å². The van der Waals surface area contributed by atoms with Crippen molar-refractivity contribution >= 4 is 35.3 Å². The Balaban J connectivity index is 1.41. The van der Waals surface area contributed by atoms with Crippen LogP contribution in [0.1, 0.15) is 56.0 Å². The molecule has 1 aromatic carbocycles. The molecule has 3 heterocycles. The van der Waals surface area contributed by atoms with E-state index in [1.54, 1.807) is 61.9 Å². The summed E-state index contributed by atoms with van der Waals surface area (Å²) in [6.45, 7) is 6.81. The molecule has 1 atom stereocenters. The smallest absolute Gasteiger partial charge is 0.407 e. The number of hydrogen-bond donors (Lipinski definition) is 3. The Bertz CT molecular complexity index is 1490. The lowest BCUT2D eigenvalue weighted by atomic mass is 10.1. The van der Waals surface area contributed by atoms with Crippen molar-refractivity contribution in [2.45, 2.75) is 58.1 Å². The number of benzene rings is 1. The lowest BCUT2D eigenvalue weighted by Crippen LogP contribution is -2.43. The van der Waals surface area contributed by atoms with Crippen LogP contribution in [0.15, 0.2) is 42.7 Å². The van der Waals surface area contributed by atoms with Gasteiger partial charge in [-0.3, -0.25) is 14.3 Å². The highest BCUT2D eigenvalue weighted by Crippen LogP contribution is 2.30. The highest BCUT2D eigenvalue weighted by Gasteiger charge is 2.31. The summed E-state index contributed by atoms with van der Waals surface area (Å²) in [6.07, 6.45) is 4.96. The van der Waals surface area contributed by atoms with E-state index in [0.717, 1.165) is 5.56 Å². The molecule has 0 unspecified atom stereocenters. The number of pyridine rings is 1. The lowest BCUT2D eigenvalue weighted by molar-refractivity contribution is -0.128. The van der Waals surface area contributed by atoms with Gasteiger partial charge in [0.1, 0.15) is 17.2 Å². The van der Waals surface area contributed by atoms with Gasteiger partial charge >= 0.3 is 6.09 Å². The second-order valence-electron chi connectivity index (χ2n) is 11.7. The molecule has 3 N–H and O–H groups in total. The first-order chi connectivity index (χ1) is 20.9. The van der Waals surface area contributed by atoms with Crippen LogP contribution in [0.5, 0.6) is 0 Å². The summed E-state index contributed by atoms with van der Waals surface area (Å²) in [6, 6.07) is 7.72. The maximum Gasteiger partial charge on any atom is 0.407 e. The zero-order valence-electron chi connectivity index (χ0n) is 25.5. The van der Waals surface area contributed by atoms with Crippen molar-refractivity contribution in [3.63, 3.8) is 0 Å². The van der Waals surface area contributed by atoms with Gasteiger partial charge in [-0.25, -0.2) is 14.2 Å². The van der Waals surface area contributed by atoms with Gasteiger partial charge in [0.05, 0.1) is 22.5 Å². The minimum Gasteiger partial charge on any atom is -0.444 e. The topological polar surface area (TPSA) is 130 Å². The number of carbonyl (C=O) groups is 3. The molecule has 44 heavy (non-hydrogen) atoms. The summed E-state index contributed by atoms with van der Waals surface area (Å²) in [5, 5.41) is 13.3. The summed E-state index contributed by atoms with van der Waals surface area (Å²) in [4.78, 5) is 44.4. The molecule has 0 spiro atoms. The molecule has 0 radical (unpaired) electrons. The van der Waals surface area contributed by atoms with E-state index in [0.29, 0.717) is 62.4 Å². The zero-order chi connectivity index (χ0) is 31.9. The molecule has 3 aromatic rings. The van der Waals surface area contributed by atoms with E-state index in [4.69, 9.17) is 16.3 Å². The fourth-order valence-electron chi connectivity index (χ4n) is 4.93. The monoisotopic (exact) mass is 627 g/mol. The van der Waals surface area contributed by atoms with E-state index in [2.05, 4.69) is 26.0 Å². The minimum atomic E-state index is -0.589. The number of likely N-dealkylation sites (tertiary alicyclic amines) is 1. The number of aromatic nitrogens is 3. The molecule has 236 valence electrons. The van der Waals surface area contributed by atoms with Gasteiger partial charge in [-0.05, 0) is 63.8 Å². The number of aryl methyl sites for hydroxylation is 1. The first-order valence-electron chi connectivity index (χ1n) is 14.6. The van der Waals surface area contributed by atoms with Gasteiger partial charge in [-0.1, -0.05) is 23.7 Å². The average Bonchev–Trinajstić information content (AvgIpc) is 3.54. The third-order valence-corrected chi connectivity index (χ3v) is 7.28. The first kappa shape index (κ1) is 32.7. The Labute approximate surface area is 261 Å². The third-order valence-electron chi connectivity index (χ3n) is 6.99. The largest absolute Gasteiger partial charge is 0.444 e. The van der Waals surface area contributed by atoms with Crippen LogP contribution in [0.4, 0.5) is 15.0 Å². The summed E-state index contributed by atoms with van der Waals surface area (Å²) in [5.74, 6) is -0.373. The standard InChI is InChI=1S/C31H39ClFN7O4/c1-31(2,3)44-30(43)35-12-6-14-40-23(9-10-26(40)41)18-36-29(42)24-16-25(32)27(21-17-37-39(4)19-21)38-28(24)34-13-11-20-7-5-8-22(33)15-20/h5,7-8,15-17,19,23H,6,9-14,18H2,1-4H3,(H,34,38)(H,35,43)(H,36,42)/t23-/m1/s1. The van der Waals surface area contributed by atoms with Gasteiger partial charge in [-0.15, -0.1) is 0 Å². The van der Waals surface area contributed by atoms with Crippen LogP contribution in [0, 0.1) is 5.82 Å². The SMILES string of the molecule is Cn1cc(-c2nc(NCCc3cccc(F)c3)c(C(=O)NC[C@H]3CCC(=O)N3CCCNC(=O)OC(C)(C)C)cc2Cl)cn1. The number of halogens is 2. The minimum absolute atomic E-state index is 0.00626. The predicted octanol–water partition coefficient (Wildman–Crippen LogP) is 4.56. The number of amides is 3. The molecule has 1 aliphatic heterocycles. The molecule has 3 amide bonds. The van der Waals surface area contributed by atoms with E-state index in [1.807, 2.05) is 6.07 Å². The van der Waals surface area contributed by atoms with Crippen LogP contribution < -0.4 is 16.0 Å². The van der Waals surface area contributed by atoms with Crippen LogP contribution in [-0.4, -0.2) is 75.4 Å². The Morgan fingerprint density at radius 1 is 1.18 bits per heavy atom. The fourth-order valence-corrected chi connectivity index (χ4v) is 5.19. The summed E-state index contributed by atoms with van der Waals surface area (Å²) < 4.78 is 20.5. The quantitative estimate of drug-likeness (QED) is 0.251. The van der Waals surface area contributed by atoms with E-state index in [1.165, 1.54) is 12.1 Å². The Kier molecular flexibility index (Phi) is 10.8. The normalized spacial score (nSPS) is 14.9. The summed E-state index contributed by atoms with van der Waals surface area (Å²) in [7, 11) is 1.78. The van der Waals surface area contributed by atoms with Crippen LogP contribution in [0.2, 0.25) is 5.02 Å². The first-order valence-corrected chi connectivity index (χ1v) is 15.0. The van der Waals surface area contributed by atoms with Gasteiger partial charge in [0.2, 0.25) is 5.91 Å². The second-order valence-corrected chi connectivity index (χ2v) is 12.1. The van der Waals surface area contributed by atoms with Crippen molar-refractivity contribution in [2.75, 3.05) is 31.5 Å². The Hall–Kier alpha value is -4.19. The van der Waals surface area contributed by atoms with Crippen LogP contribution in [-0.2, 0) is 23.0 Å². The molecule has 0 bridgehead atoms. The van der Waals surface area contributed by atoms with E-state index in [9.17, 15) is 18.8 Å². The molecule has 0 aliphatic carbocycles. The lowest BCUT2D eigenvalue weighted by Gasteiger charge is -2.25. The fraction of sp³-hybridized carbons (Fsp3) is 0.452. The second kappa shape index (κ2) is 14.5. The number of alkyl carbamates (subject to hydrolysis) is 1. The van der Waals surface area contributed by atoms with Crippen molar-refractivity contribution in [2.24, 2.45) is 7.05 Å². The van der Waals surface area contributed by atoms with Crippen molar-refractivity contribution in [1.29, 1.82) is 0 Å². The Morgan fingerprint density at radius 2 is 1.98 bits per heavy atom. The number of anilines is 1. The van der Waals surface area contributed by atoms with E-state index in [-0.39, 0.29) is 34.9 Å². The van der Waals surface area contributed by atoms with Crippen LogP contribution >= 0.6 is 11.6 Å². The molecular formula is C31H39ClFN7O4. The highest BCUT2D eigenvalue weighted by atomic mass is 35.5. The Morgan fingerprint density at radius 3 is 2.68 bits per heavy atom. The van der Waals surface area contributed by atoms with Gasteiger partial charge in [0.15, 0.2) is 0 Å². The number of rotatable bonds is 12. The number of nitrogens with zero attached hydrogens (tertiary/aromatic N) is 4. The number of nitrogens with one attached hydrogen (secondary N) is 3. The zero-order valence-corrected chi connectivity index (χ0v) is 26.2. The maximum absolute atomic E-state index is 13.7. The van der Waals surface area contributed by atoms with Crippen molar-refractivity contribution < 1.29 is 23.5 Å². The van der Waals surface area contributed by atoms with Crippen molar-refractivity contribution in [1.82, 2.24) is 30.3 Å². The third kappa shape index (κ3) is 9.15. The molecular weight excluding hydrogens is 589 g/mol. The average molecular weight is 628 g/mol. The molecule has 1 fully saturated rings. The van der Waals surface area contributed by atoms with Crippen LogP contribution in [0.25, 0.3) is 11.3 Å². The number of ether oxygens (including phenoxy) is 1. The molecule has 0 saturated carbocycles. The predicted molar refractivity (Wildman–Crippen MR) is 166 cm³/mol. The van der Waals surface area contributed by atoms with Gasteiger partial charge in [-0.2, -0.15) is 5.10 Å². The number of carbonyl (C=O) groups excluding carboxylic acids is 3. The van der Waals surface area contributed by atoms with Crippen LogP contribution in [0.3, 0.4) is 0 Å². The molecule has 2 aromatic heterocycles. The van der Waals surface area contributed by atoms with Crippen molar-refractivity contribution in [3.05, 3.63) is 64.7 Å². The molecule has 1 saturated heterocycles. The molecule has 11 nitrogen and oxygen atoms in total. The summed E-state index contributed by atoms with van der Waals surface area (Å²) >= 11 is 6.59. The van der Waals surface area contributed by atoms with E-state index < -0.39 is 17.6 Å². The van der Waals surface area contributed by atoms with Gasteiger partial charge < -0.3 is 25.6 Å².